The van der Waals surface area contributed by atoms with Crippen LogP contribution in [0.4, 0.5) is 0 Å². The van der Waals surface area contributed by atoms with Crippen molar-refractivity contribution in [2.45, 2.75) is 11.4 Å². The van der Waals surface area contributed by atoms with E-state index < -0.39 is 10.0 Å². The summed E-state index contributed by atoms with van der Waals surface area (Å²) < 4.78 is 36.8. The molecule has 8 heteroatoms. The zero-order chi connectivity index (χ0) is 18.4. The summed E-state index contributed by atoms with van der Waals surface area (Å²) >= 11 is 0. The van der Waals surface area contributed by atoms with E-state index in [0.29, 0.717) is 38.6 Å². The highest BCUT2D eigenvalue weighted by molar-refractivity contribution is 7.89. The molecule has 0 atom stereocenters. The summed E-state index contributed by atoms with van der Waals surface area (Å²) in [5.41, 5.74) is 0.735. The monoisotopic (exact) mass is 376 g/mol. The molecule has 0 saturated carbocycles. The van der Waals surface area contributed by atoms with Crippen LogP contribution in [0.1, 0.15) is 11.3 Å². The van der Waals surface area contributed by atoms with E-state index in [1.54, 1.807) is 48.7 Å². The van der Waals surface area contributed by atoms with E-state index in [1.165, 1.54) is 10.4 Å². The van der Waals surface area contributed by atoms with E-state index in [9.17, 15) is 13.2 Å². The van der Waals surface area contributed by atoms with Crippen molar-refractivity contribution < 1.29 is 22.4 Å². The first-order chi connectivity index (χ1) is 12.6. The lowest BCUT2D eigenvalue weighted by Gasteiger charge is -2.26. The number of amides is 1. The molecule has 1 aromatic carbocycles. The van der Waals surface area contributed by atoms with Gasteiger partial charge in [0.25, 0.3) is 0 Å². The summed E-state index contributed by atoms with van der Waals surface area (Å²) in [7, 11) is -3.50. The normalized spacial score (nSPS) is 16.0. The molecule has 1 aliphatic heterocycles. The third-order valence-electron chi connectivity index (χ3n) is 3.93. The highest BCUT2D eigenvalue weighted by Crippen LogP contribution is 2.18. The van der Waals surface area contributed by atoms with Crippen LogP contribution < -0.4 is 5.32 Å². The van der Waals surface area contributed by atoms with Gasteiger partial charge in [-0.2, -0.15) is 4.31 Å². The molecule has 0 bridgehead atoms. The summed E-state index contributed by atoms with van der Waals surface area (Å²) in [5.74, 6) is 0.413. The maximum atomic E-state index is 12.5. The number of nitrogens with zero attached hydrogens (tertiary/aromatic N) is 1. The van der Waals surface area contributed by atoms with Gasteiger partial charge < -0.3 is 14.5 Å². The zero-order valence-corrected chi connectivity index (χ0v) is 14.9. The van der Waals surface area contributed by atoms with E-state index in [1.807, 2.05) is 0 Å². The van der Waals surface area contributed by atoms with Gasteiger partial charge in [-0.1, -0.05) is 12.1 Å². The highest BCUT2D eigenvalue weighted by Gasteiger charge is 2.25. The number of hydrogen-bond acceptors (Lipinski definition) is 5. The van der Waals surface area contributed by atoms with Gasteiger partial charge in [0, 0.05) is 19.2 Å². The first-order valence-electron chi connectivity index (χ1n) is 8.22. The minimum atomic E-state index is -3.50. The molecule has 0 unspecified atom stereocenters. The summed E-state index contributed by atoms with van der Waals surface area (Å²) in [6.07, 6.45) is 4.57. The molecule has 3 rings (SSSR count). The molecule has 0 spiro atoms. The predicted octanol–water partition coefficient (Wildman–Crippen LogP) is 1.63. The predicted molar refractivity (Wildman–Crippen MR) is 95.6 cm³/mol. The third-order valence-corrected chi connectivity index (χ3v) is 5.84. The van der Waals surface area contributed by atoms with Gasteiger partial charge in [-0.05, 0) is 35.9 Å². The fourth-order valence-corrected chi connectivity index (χ4v) is 3.91. The molecule has 26 heavy (non-hydrogen) atoms. The number of benzene rings is 1. The van der Waals surface area contributed by atoms with Crippen LogP contribution >= 0.6 is 0 Å². The summed E-state index contributed by atoms with van der Waals surface area (Å²) in [6, 6.07) is 9.96. The van der Waals surface area contributed by atoms with Gasteiger partial charge in [-0.15, -0.1) is 0 Å². The van der Waals surface area contributed by atoms with Gasteiger partial charge >= 0.3 is 0 Å². The van der Waals surface area contributed by atoms with Gasteiger partial charge in [0.2, 0.25) is 15.9 Å². The number of carbonyl (C=O) groups is 1. The second kappa shape index (κ2) is 8.31. The third kappa shape index (κ3) is 4.60. The van der Waals surface area contributed by atoms with Gasteiger partial charge in [0.05, 0.1) is 30.9 Å². The Balaban J connectivity index is 1.59. The Labute approximate surface area is 152 Å². The maximum absolute atomic E-state index is 12.5. The largest absolute Gasteiger partial charge is 0.467 e. The van der Waals surface area contributed by atoms with Crippen LogP contribution in [-0.2, 0) is 26.1 Å². The fraction of sp³-hybridized carbons (Fsp3) is 0.278. The number of hydrogen-bond donors (Lipinski definition) is 1. The molecule has 1 aliphatic rings. The molecular formula is C18H20N2O5S. The van der Waals surface area contributed by atoms with E-state index in [2.05, 4.69) is 5.32 Å². The van der Waals surface area contributed by atoms with Crippen LogP contribution in [0.25, 0.3) is 6.08 Å². The molecule has 138 valence electrons. The van der Waals surface area contributed by atoms with Crippen molar-refractivity contribution in [1.29, 1.82) is 0 Å². The Hall–Kier alpha value is -2.42. The molecule has 2 heterocycles. The molecule has 1 fully saturated rings. The van der Waals surface area contributed by atoms with Crippen molar-refractivity contribution in [2.75, 3.05) is 26.3 Å². The Bertz CT molecular complexity index is 851. The summed E-state index contributed by atoms with van der Waals surface area (Å²) in [6.45, 7) is 1.85. The van der Waals surface area contributed by atoms with Crippen molar-refractivity contribution in [3.8, 4) is 0 Å². The van der Waals surface area contributed by atoms with Gasteiger partial charge in [-0.25, -0.2) is 8.42 Å². The van der Waals surface area contributed by atoms with Crippen molar-refractivity contribution in [3.05, 3.63) is 60.1 Å². The van der Waals surface area contributed by atoms with Crippen LogP contribution in [-0.4, -0.2) is 44.9 Å². The van der Waals surface area contributed by atoms with Crippen LogP contribution in [0, 0.1) is 0 Å². The summed E-state index contributed by atoms with van der Waals surface area (Å²) in [4.78, 5) is 12.0. The minimum absolute atomic E-state index is 0.235. The number of furan rings is 1. The second-order valence-electron chi connectivity index (χ2n) is 5.72. The number of morpholine rings is 1. The molecule has 0 radical (unpaired) electrons. The van der Waals surface area contributed by atoms with Gasteiger partial charge in [0.1, 0.15) is 5.76 Å². The SMILES string of the molecule is O=C(C=Cc1ccc(S(=O)(=O)N2CCOCC2)cc1)NCc1ccco1. The molecule has 1 saturated heterocycles. The van der Waals surface area contributed by atoms with Crippen LogP contribution in [0.15, 0.2) is 58.1 Å². The molecule has 7 nitrogen and oxygen atoms in total. The quantitative estimate of drug-likeness (QED) is 0.774. The number of rotatable bonds is 6. The van der Waals surface area contributed by atoms with Gasteiger partial charge in [0.15, 0.2) is 0 Å². The maximum Gasteiger partial charge on any atom is 0.244 e. The van der Waals surface area contributed by atoms with Crippen molar-refractivity contribution in [1.82, 2.24) is 9.62 Å². The smallest absolute Gasteiger partial charge is 0.244 e. The Morgan fingerprint density at radius 2 is 1.88 bits per heavy atom. The standard InChI is InChI=1S/C18H20N2O5S/c21-18(19-14-16-2-1-11-25-16)8-5-15-3-6-17(7-4-15)26(22,23)20-9-12-24-13-10-20/h1-8,11H,9-10,12-14H2,(H,19,21). The lowest BCUT2D eigenvalue weighted by atomic mass is 10.2. The molecular weight excluding hydrogens is 356 g/mol. The summed E-state index contributed by atoms with van der Waals surface area (Å²) in [5, 5.41) is 2.70. The molecule has 2 aromatic rings. The van der Waals surface area contributed by atoms with Crippen molar-refractivity contribution in [2.24, 2.45) is 0 Å². The topological polar surface area (TPSA) is 88.9 Å². The number of carbonyl (C=O) groups excluding carboxylic acids is 1. The fourth-order valence-electron chi connectivity index (χ4n) is 2.51. The molecule has 1 N–H and O–H groups in total. The van der Waals surface area contributed by atoms with Gasteiger partial charge in [-0.3, -0.25) is 4.79 Å². The Morgan fingerprint density at radius 3 is 2.54 bits per heavy atom. The lowest BCUT2D eigenvalue weighted by Crippen LogP contribution is -2.40. The second-order valence-corrected chi connectivity index (χ2v) is 7.65. The van der Waals surface area contributed by atoms with E-state index in [4.69, 9.17) is 9.15 Å². The highest BCUT2D eigenvalue weighted by atomic mass is 32.2. The van der Waals surface area contributed by atoms with Crippen molar-refractivity contribution in [3.63, 3.8) is 0 Å². The van der Waals surface area contributed by atoms with Crippen LogP contribution in [0.3, 0.4) is 0 Å². The first kappa shape index (κ1) is 18.4. The Morgan fingerprint density at radius 1 is 1.15 bits per heavy atom. The number of nitrogens with one attached hydrogen (secondary N) is 1. The lowest BCUT2D eigenvalue weighted by molar-refractivity contribution is -0.116. The minimum Gasteiger partial charge on any atom is -0.467 e. The van der Waals surface area contributed by atoms with Crippen molar-refractivity contribution >= 4 is 22.0 Å². The van der Waals surface area contributed by atoms with E-state index in [0.717, 1.165) is 5.56 Å². The molecule has 1 amide bonds. The molecule has 0 aliphatic carbocycles. The average Bonchev–Trinajstić information content (AvgIpc) is 3.19. The van der Waals surface area contributed by atoms with E-state index in [-0.39, 0.29) is 10.8 Å². The van der Waals surface area contributed by atoms with Crippen LogP contribution in [0.5, 0.6) is 0 Å². The number of ether oxygens (including phenoxy) is 1. The average molecular weight is 376 g/mol. The Kier molecular flexibility index (Phi) is 5.87. The number of sulfonamides is 1. The van der Waals surface area contributed by atoms with Crippen LogP contribution in [0.2, 0.25) is 0 Å². The first-order valence-corrected chi connectivity index (χ1v) is 9.66. The zero-order valence-electron chi connectivity index (χ0n) is 14.1. The van der Waals surface area contributed by atoms with E-state index >= 15 is 0 Å². The molecule has 1 aromatic heterocycles.